The number of aromatic nitrogens is 1. The van der Waals surface area contributed by atoms with Gasteiger partial charge >= 0.3 is 0 Å². The Morgan fingerprint density at radius 2 is 2.38 bits per heavy atom. The predicted octanol–water partition coefficient (Wildman–Crippen LogP) is 4.67. The molecule has 0 amide bonds. The zero-order valence-electron chi connectivity index (χ0n) is 9.86. The van der Waals surface area contributed by atoms with Crippen molar-refractivity contribution < 1.29 is 0 Å². The van der Waals surface area contributed by atoms with Gasteiger partial charge in [0.25, 0.3) is 0 Å². The molecule has 0 radical (unpaired) electrons. The fourth-order valence-electron chi connectivity index (χ4n) is 2.78. The minimum absolute atomic E-state index is 0.713. The van der Waals surface area contributed by atoms with Gasteiger partial charge in [-0.3, -0.25) is 0 Å². The Hall–Kier alpha value is 0.110. The first kappa shape index (κ1) is 12.6. The highest BCUT2D eigenvalue weighted by Crippen LogP contribution is 2.37. The molecule has 3 heteroatoms. The van der Waals surface area contributed by atoms with Crippen LogP contribution in [0.15, 0.2) is 11.6 Å². The molecule has 16 heavy (non-hydrogen) atoms. The molecule has 1 nitrogen and oxygen atoms in total. The van der Waals surface area contributed by atoms with E-state index < -0.39 is 0 Å². The van der Waals surface area contributed by atoms with E-state index in [1.807, 2.05) is 6.20 Å². The van der Waals surface area contributed by atoms with Crippen LogP contribution in [0.3, 0.4) is 0 Å². The summed E-state index contributed by atoms with van der Waals surface area (Å²) in [7, 11) is 0. The average Bonchev–Trinajstić information content (AvgIpc) is 2.76. The maximum Gasteiger partial charge on any atom is 0.0927 e. The fraction of sp³-hybridized carbons (Fsp3) is 0.769. The number of hydrogen-bond acceptors (Lipinski definition) is 2. The minimum atomic E-state index is 0.713. The van der Waals surface area contributed by atoms with Crippen molar-refractivity contribution in [3.8, 4) is 0 Å². The largest absolute Gasteiger partial charge is 0.250 e. The summed E-state index contributed by atoms with van der Waals surface area (Å²) in [5, 5.41) is 3.40. The van der Waals surface area contributed by atoms with E-state index in [0.717, 1.165) is 11.8 Å². The summed E-state index contributed by atoms with van der Waals surface area (Å²) < 4.78 is 0. The van der Waals surface area contributed by atoms with E-state index in [4.69, 9.17) is 0 Å². The van der Waals surface area contributed by atoms with E-state index in [9.17, 15) is 0 Å². The Morgan fingerprint density at radius 3 is 3.06 bits per heavy atom. The SMILES string of the molecule is CCCC1CCC(Br)C(Cc2nccs2)C1. The number of rotatable bonds is 4. The predicted molar refractivity (Wildman–Crippen MR) is 74.3 cm³/mol. The molecule has 90 valence electrons. The van der Waals surface area contributed by atoms with Crippen LogP contribution in [0.25, 0.3) is 0 Å². The van der Waals surface area contributed by atoms with Gasteiger partial charge in [-0.05, 0) is 31.1 Å². The first-order valence-electron chi connectivity index (χ1n) is 6.32. The maximum absolute atomic E-state index is 4.41. The first-order valence-corrected chi connectivity index (χ1v) is 8.11. The van der Waals surface area contributed by atoms with Gasteiger partial charge in [-0.25, -0.2) is 4.98 Å². The third-order valence-electron chi connectivity index (χ3n) is 3.62. The Balaban J connectivity index is 1.91. The molecule has 3 unspecified atom stereocenters. The van der Waals surface area contributed by atoms with E-state index in [1.165, 1.54) is 43.5 Å². The zero-order chi connectivity index (χ0) is 11.4. The second-order valence-electron chi connectivity index (χ2n) is 4.87. The lowest BCUT2D eigenvalue weighted by Gasteiger charge is -2.32. The molecule has 3 atom stereocenters. The van der Waals surface area contributed by atoms with Crippen molar-refractivity contribution in [3.63, 3.8) is 0 Å². The van der Waals surface area contributed by atoms with Gasteiger partial charge in [0.05, 0.1) is 5.01 Å². The van der Waals surface area contributed by atoms with Gasteiger partial charge in [0.2, 0.25) is 0 Å². The number of alkyl halides is 1. The van der Waals surface area contributed by atoms with Crippen LogP contribution >= 0.6 is 27.3 Å². The summed E-state index contributed by atoms with van der Waals surface area (Å²) in [5.41, 5.74) is 0. The molecular weight excluding hydrogens is 282 g/mol. The lowest BCUT2D eigenvalue weighted by molar-refractivity contribution is 0.263. The first-order chi connectivity index (χ1) is 7.79. The van der Waals surface area contributed by atoms with Crippen LogP contribution in [0.1, 0.15) is 44.0 Å². The third-order valence-corrected chi connectivity index (χ3v) is 5.62. The summed E-state index contributed by atoms with van der Waals surface area (Å²) in [6.45, 7) is 2.30. The molecule has 0 aliphatic heterocycles. The number of halogens is 1. The summed E-state index contributed by atoms with van der Waals surface area (Å²) in [4.78, 5) is 5.13. The Kier molecular flexibility index (Phi) is 4.83. The molecular formula is C13H20BrNS. The summed E-state index contributed by atoms with van der Waals surface area (Å²) >= 11 is 5.66. The molecule has 1 aliphatic rings. The van der Waals surface area contributed by atoms with Gasteiger partial charge in [0, 0.05) is 22.8 Å². The molecule has 0 bridgehead atoms. The highest BCUT2D eigenvalue weighted by atomic mass is 79.9. The average molecular weight is 302 g/mol. The van der Waals surface area contributed by atoms with Gasteiger partial charge in [0.1, 0.15) is 0 Å². The van der Waals surface area contributed by atoms with E-state index >= 15 is 0 Å². The lowest BCUT2D eigenvalue weighted by Crippen LogP contribution is -2.26. The molecule has 0 N–H and O–H groups in total. The second kappa shape index (κ2) is 6.15. The van der Waals surface area contributed by atoms with E-state index in [2.05, 4.69) is 33.2 Å². The van der Waals surface area contributed by atoms with Crippen LogP contribution in [-0.4, -0.2) is 9.81 Å². The smallest absolute Gasteiger partial charge is 0.0927 e. The van der Waals surface area contributed by atoms with Gasteiger partial charge in [0.15, 0.2) is 0 Å². The molecule has 0 aromatic carbocycles. The normalized spacial score (nSPS) is 30.5. The summed E-state index contributed by atoms with van der Waals surface area (Å²) in [6, 6.07) is 0. The molecule has 1 aromatic heterocycles. The van der Waals surface area contributed by atoms with Crippen LogP contribution in [0, 0.1) is 11.8 Å². The molecule has 1 fully saturated rings. The van der Waals surface area contributed by atoms with Crippen molar-refractivity contribution in [1.82, 2.24) is 4.98 Å². The molecule has 1 saturated carbocycles. The van der Waals surface area contributed by atoms with Gasteiger partial charge in [-0.15, -0.1) is 11.3 Å². The summed E-state index contributed by atoms with van der Waals surface area (Å²) in [6.07, 6.45) is 10.0. The van der Waals surface area contributed by atoms with Gasteiger partial charge in [-0.2, -0.15) is 0 Å². The zero-order valence-corrected chi connectivity index (χ0v) is 12.3. The third kappa shape index (κ3) is 3.30. The van der Waals surface area contributed by atoms with Crippen LogP contribution in [0.2, 0.25) is 0 Å². The van der Waals surface area contributed by atoms with E-state index in [1.54, 1.807) is 11.3 Å². The standard InChI is InChI=1S/C13H20BrNS/c1-2-3-10-4-5-12(14)11(8-10)9-13-15-6-7-16-13/h6-7,10-12H,2-5,8-9H2,1H3. The van der Waals surface area contributed by atoms with E-state index in [-0.39, 0.29) is 0 Å². The molecule has 0 saturated heterocycles. The van der Waals surface area contributed by atoms with Crippen molar-refractivity contribution in [3.05, 3.63) is 16.6 Å². The van der Waals surface area contributed by atoms with Crippen LogP contribution < -0.4 is 0 Å². The van der Waals surface area contributed by atoms with Crippen molar-refractivity contribution >= 4 is 27.3 Å². The van der Waals surface area contributed by atoms with E-state index in [0.29, 0.717) is 4.83 Å². The number of thiazole rings is 1. The maximum atomic E-state index is 4.41. The monoisotopic (exact) mass is 301 g/mol. The van der Waals surface area contributed by atoms with Crippen LogP contribution in [0.4, 0.5) is 0 Å². The number of nitrogens with zero attached hydrogens (tertiary/aromatic N) is 1. The molecule has 1 aromatic rings. The Bertz CT molecular complexity index is 299. The van der Waals surface area contributed by atoms with Crippen molar-refractivity contribution in [2.75, 3.05) is 0 Å². The molecule has 0 spiro atoms. The second-order valence-corrected chi connectivity index (χ2v) is 7.03. The minimum Gasteiger partial charge on any atom is -0.250 e. The fourth-order valence-corrected chi connectivity index (χ4v) is 4.16. The molecule has 1 heterocycles. The molecule has 2 rings (SSSR count). The quantitative estimate of drug-likeness (QED) is 0.737. The van der Waals surface area contributed by atoms with Crippen molar-refractivity contribution in [1.29, 1.82) is 0 Å². The lowest BCUT2D eigenvalue weighted by atomic mass is 9.78. The topological polar surface area (TPSA) is 12.9 Å². The van der Waals surface area contributed by atoms with Crippen molar-refractivity contribution in [2.45, 2.75) is 50.3 Å². The van der Waals surface area contributed by atoms with Crippen molar-refractivity contribution in [2.24, 2.45) is 11.8 Å². The Morgan fingerprint density at radius 1 is 1.50 bits per heavy atom. The molecule has 1 aliphatic carbocycles. The Labute approximate surface area is 111 Å². The summed E-state index contributed by atoms with van der Waals surface area (Å²) in [5.74, 6) is 1.76. The van der Waals surface area contributed by atoms with Crippen LogP contribution in [0.5, 0.6) is 0 Å². The highest BCUT2D eigenvalue weighted by Gasteiger charge is 2.28. The van der Waals surface area contributed by atoms with Crippen LogP contribution in [-0.2, 0) is 6.42 Å². The number of hydrogen-bond donors (Lipinski definition) is 0. The highest BCUT2D eigenvalue weighted by molar-refractivity contribution is 9.09. The van der Waals surface area contributed by atoms with Gasteiger partial charge < -0.3 is 0 Å². The van der Waals surface area contributed by atoms with Gasteiger partial charge in [-0.1, -0.05) is 35.7 Å².